The number of carbonyl (C=O) groups excluding carboxylic acids is 1. The van der Waals surface area contributed by atoms with Gasteiger partial charge in [-0.25, -0.2) is 0 Å². The molecule has 1 aromatic heterocycles. The second-order valence-electron chi connectivity index (χ2n) is 7.85. The van der Waals surface area contributed by atoms with E-state index in [9.17, 15) is 4.79 Å². The number of nitrogens with one attached hydrogen (secondary N) is 1. The number of aromatic nitrogens is 2. The third-order valence-corrected chi connectivity index (χ3v) is 5.20. The first-order valence-corrected chi connectivity index (χ1v) is 10.8. The second kappa shape index (κ2) is 9.96. The van der Waals surface area contributed by atoms with Gasteiger partial charge >= 0.3 is 0 Å². The molecule has 0 aliphatic carbocycles. The van der Waals surface area contributed by atoms with Gasteiger partial charge in [0.05, 0.1) is 12.2 Å². The van der Waals surface area contributed by atoms with Crippen molar-refractivity contribution in [1.29, 1.82) is 0 Å². The molecule has 3 aromatic carbocycles. The average molecular weight is 426 g/mol. The Bertz CT molecular complexity index is 1170. The van der Waals surface area contributed by atoms with Crippen molar-refractivity contribution in [3.63, 3.8) is 0 Å². The molecule has 0 bridgehead atoms. The summed E-state index contributed by atoms with van der Waals surface area (Å²) < 4.78 is 7.73. The van der Waals surface area contributed by atoms with Gasteiger partial charge in [0.2, 0.25) is 0 Å². The summed E-state index contributed by atoms with van der Waals surface area (Å²) in [6.07, 6.45) is 1.40. The topological polar surface area (TPSA) is 56.1 Å². The Morgan fingerprint density at radius 2 is 1.72 bits per heavy atom. The molecular formula is C27H27N3O2. The van der Waals surface area contributed by atoms with Crippen LogP contribution >= 0.6 is 0 Å². The summed E-state index contributed by atoms with van der Waals surface area (Å²) >= 11 is 0. The highest BCUT2D eigenvalue weighted by Crippen LogP contribution is 2.22. The Kier molecular flexibility index (Phi) is 6.66. The van der Waals surface area contributed by atoms with Crippen LogP contribution in [0.3, 0.4) is 0 Å². The Labute approximate surface area is 188 Å². The quantitative estimate of drug-likeness (QED) is 0.433. The molecule has 162 valence electrons. The fourth-order valence-corrected chi connectivity index (χ4v) is 3.55. The SMILES string of the molecule is Cc1cccc(OC(C)C(=O)NCc2cn(Cc3ccccc3)nc2-c2ccccc2)c1. The number of hydrogen-bond donors (Lipinski definition) is 1. The van der Waals surface area contributed by atoms with Crippen molar-refractivity contribution in [2.24, 2.45) is 0 Å². The van der Waals surface area contributed by atoms with Crippen molar-refractivity contribution in [3.05, 3.63) is 108 Å². The van der Waals surface area contributed by atoms with Gasteiger partial charge in [-0.1, -0.05) is 72.8 Å². The van der Waals surface area contributed by atoms with Crippen molar-refractivity contribution in [2.45, 2.75) is 33.0 Å². The Morgan fingerprint density at radius 3 is 2.44 bits per heavy atom. The molecule has 0 saturated heterocycles. The third-order valence-electron chi connectivity index (χ3n) is 5.20. The van der Waals surface area contributed by atoms with Crippen LogP contribution in [0.5, 0.6) is 5.75 Å². The predicted molar refractivity (Wildman–Crippen MR) is 126 cm³/mol. The Morgan fingerprint density at radius 1 is 1.00 bits per heavy atom. The van der Waals surface area contributed by atoms with E-state index in [1.54, 1.807) is 6.92 Å². The summed E-state index contributed by atoms with van der Waals surface area (Å²) in [4.78, 5) is 12.7. The van der Waals surface area contributed by atoms with Crippen LogP contribution in [0.4, 0.5) is 0 Å². The van der Waals surface area contributed by atoms with Crippen LogP contribution in [0, 0.1) is 6.92 Å². The first-order valence-electron chi connectivity index (χ1n) is 10.8. The highest BCUT2D eigenvalue weighted by Gasteiger charge is 2.17. The van der Waals surface area contributed by atoms with Crippen molar-refractivity contribution < 1.29 is 9.53 Å². The number of aryl methyl sites for hydroxylation is 1. The van der Waals surface area contributed by atoms with Crippen molar-refractivity contribution in [1.82, 2.24) is 15.1 Å². The van der Waals surface area contributed by atoms with Gasteiger partial charge in [-0.2, -0.15) is 5.10 Å². The fourth-order valence-electron chi connectivity index (χ4n) is 3.55. The summed E-state index contributed by atoms with van der Waals surface area (Å²) in [5, 5.41) is 7.81. The molecule has 4 aromatic rings. The molecule has 0 saturated carbocycles. The molecule has 0 aliphatic rings. The van der Waals surface area contributed by atoms with Gasteiger partial charge < -0.3 is 10.1 Å². The minimum atomic E-state index is -0.601. The lowest BCUT2D eigenvalue weighted by atomic mass is 10.1. The Balaban J connectivity index is 1.48. The zero-order valence-corrected chi connectivity index (χ0v) is 18.4. The maximum Gasteiger partial charge on any atom is 0.261 e. The van der Waals surface area contributed by atoms with Crippen LogP contribution in [0.25, 0.3) is 11.3 Å². The largest absolute Gasteiger partial charge is 0.481 e. The van der Waals surface area contributed by atoms with Crippen LogP contribution in [0.2, 0.25) is 0 Å². The van der Waals surface area contributed by atoms with Crippen LogP contribution in [-0.2, 0) is 17.9 Å². The number of carbonyl (C=O) groups is 1. The lowest BCUT2D eigenvalue weighted by molar-refractivity contribution is -0.127. The summed E-state index contributed by atoms with van der Waals surface area (Å²) in [6, 6.07) is 27.9. The molecule has 32 heavy (non-hydrogen) atoms. The number of benzene rings is 3. The monoisotopic (exact) mass is 425 g/mol. The Hall–Kier alpha value is -3.86. The van der Waals surface area contributed by atoms with E-state index in [4.69, 9.17) is 9.84 Å². The first-order chi connectivity index (χ1) is 15.6. The maximum atomic E-state index is 12.7. The molecule has 1 heterocycles. The highest BCUT2D eigenvalue weighted by atomic mass is 16.5. The van der Waals surface area contributed by atoms with Gasteiger partial charge in [0.1, 0.15) is 5.75 Å². The maximum absolute atomic E-state index is 12.7. The summed E-state index contributed by atoms with van der Waals surface area (Å²) in [6.45, 7) is 4.80. The molecule has 5 nitrogen and oxygen atoms in total. The minimum Gasteiger partial charge on any atom is -0.481 e. The molecule has 0 spiro atoms. The number of ether oxygens (including phenoxy) is 1. The molecule has 1 unspecified atom stereocenters. The van der Waals surface area contributed by atoms with Crippen LogP contribution < -0.4 is 10.1 Å². The summed E-state index contributed by atoms with van der Waals surface area (Å²) in [5.74, 6) is 0.523. The zero-order valence-electron chi connectivity index (χ0n) is 18.4. The number of hydrogen-bond acceptors (Lipinski definition) is 3. The van der Waals surface area contributed by atoms with Gasteiger partial charge in [-0.15, -0.1) is 0 Å². The minimum absolute atomic E-state index is 0.165. The van der Waals surface area contributed by atoms with Gasteiger partial charge in [0.25, 0.3) is 5.91 Å². The van der Waals surface area contributed by atoms with E-state index in [-0.39, 0.29) is 5.91 Å². The number of nitrogens with zero attached hydrogens (tertiary/aromatic N) is 2. The summed E-state index contributed by atoms with van der Waals surface area (Å²) in [5.41, 5.74) is 5.11. The fraction of sp³-hybridized carbons (Fsp3) is 0.185. The zero-order chi connectivity index (χ0) is 22.3. The van der Waals surface area contributed by atoms with Crippen molar-refractivity contribution in [3.8, 4) is 17.0 Å². The molecule has 4 rings (SSSR count). The number of amides is 1. The van der Waals surface area contributed by atoms with E-state index >= 15 is 0 Å². The van der Waals surface area contributed by atoms with E-state index in [1.165, 1.54) is 5.56 Å². The molecule has 0 aliphatic heterocycles. The number of rotatable bonds is 8. The molecule has 0 fully saturated rings. The first kappa shape index (κ1) is 21.4. The van der Waals surface area contributed by atoms with Gasteiger partial charge in [-0.3, -0.25) is 9.48 Å². The molecule has 1 amide bonds. The van der Waals surface area contributed by atoms with Crippen molar-refractivity contribution >= 4 is 5.91 Å². The molecule has 5 heteroatoms. The van der Waals surface area contributed by atoms with Crippen molar-refractivity contribution in [2.75, 3.05) is 0 Å². The molecule has 0 radical (unpaired) electrons. The molecular weight excluding hydrogens is 398 g/mol. The smallest absolute Gasteiger partial charge is 0.261 e. The third kappa shape index (κ3) is 5.43. The van der Waals surface area contributed by atoms with E-state index in [0.29, 0.717) is 18.8 Å². The van der Waals surface area contributed by atoms with Gasteiger partial charge in [0, 0.05) is 23.9 Å². The molecule has 1 atom stereocenters. The lowest BCUT2D eigenvalue weighted by Gasteiger charge is -2.15. The van der Waals surface area contributed by atoms with Gasteiger partial charge in [-0.05, 0) is 37.1 Å². The van der Waals surface area contributed by atoms with E-state index in [1.807, 2.05) is 90.6 Å². The summed E-state index contributed by atoms with van der Waals surface area (Å²) in [7, 11) is 0. The van der Waals surface area contributed by atoms with Gasteiger partial charge in [0.15, 0.2) is 6.10 Å². The van der Waals surface area contributed by atoms with E-state index in [0.717, 1.165) is 22.4 Å². The standard InChI is InChI=1S/C27H27N3O2/c1-20-10-9-15-25(16-20)32-21(2)27(31)28-17-24-19-30(18-22-11-5-3-6-12-22)29-26(24)23-13-7-4-8-14-23/h3-16,19,21H,17-18H2,1-2H3,(H,28,31). The van der Waals surface area contributed by atoms with E-state index < -0.39 is 6.10 Å². The molecule has 1 N–H and O–H groups in total. The average Bonchev–Trinajstić information content (AvgIpc) is 3.21. The van der Waals surface area contributed by atoms with E-state index in [2.05, 4.69) is 17.4 Å². The normalized spacial score (nSPS) is 11.7. The van der Waals surface area contributed by atoms with Crippen LogP contribution in [0.1, 0.15) is 23.6 Å². The van der Waals surface area contributed by atoms with Crippen LogP contribution in [-0.4, -0.2) is 21.8 Å². The second-order valence-corrected chi connectivity index (χ2v) is 7.85. The lowest BCUT2D eigenvalue weighted by Crippen LogP contribution is -2.35. The van der Waals surface area contributed by atoms with Crippen LogP contribution in [0.15, 0.2) is 91.1 Å². The highest BCUT2D eigenvalue weighted by molar-refractivity contribution is 5.81. The predicted octanol–water partition coefficient (Wildman–Crippen LogP) is 4.99.